The number of carbonyl (C=O) groups is 1. The van der Waals surface area contributed by atoms with Crippen LogP contribution >= 0.6 is 0 Å². The third-order valence-corrected chi connectivity index (χ3v) is 8.51. The van der Waals surface area contributed by atoms with E-state index in [4.69, 9.17) is 10.8 Å². The van der Waals surface area contributed by atoms with Crippen LogP contribution in [-0.2, 0) is 4.79 Å². The van der Waals surface area contributed by atoms with E-state index in [1.54, 1.807) is 0 Å². The number of primary amides is 1. The molecule has 0 spiro atoms. The van der Waals surface area contributed by atoms with Crippen molar-refractivity contribution < 1.29 is 15.0 Å². The van der Waals surface area contributed by atoms with E-state index in [9.17, 15) is 15.0 Å². The fraction of sp³-hybridized carbons (Fsp3) is 0.533. The number of phenols is 2. The number of benzene rings is 2. The molecule has 2 aromatic carbocycles. The second kappa shape index (κ2) is 12.1. The van der Waals surface area contributed by atoms with E-state index in [1.807, 2.05) is 42.0 Å². The van der Waals surface area contributed by atoms with Gasteiger partial charge in [-0.1, -0.05) is 13.8 Å². The van der Waals surface area contributed by atoms with Crippen molar-refractivity contribution >= 4 is 23.1 Å². The Morgan fingerprint density at radius 3 is 2.05 bits per heavy atom. The number of aromatic hydroxyl groups is 2. The fourth-order valence-corrected chi connectivity index (χ4v) is 5.86. The number of nitrogens with zero attached hydrogens (tertiary/aromatic N) is 7. The topological polar surface area (TPSA) is 115 Å². The molecule has 5 rings (SSSR count). The van der Waals surface area contributed by atoms with Gasteiger partial charge >= 0.3 is 0 Å². The number of likely N-dealkylation sites (N-methyl/N-ethyl adjacent to an activating group) is 2. The van der Waals surface area contributed by atoms with E-state index in [0.717, 1.165) is 75.8 Å². The standard InChI is InChI=1S/C30H44N8O3/c1-21(2)24-19-25(27(40)20-26(24)39)30-37(18-15-35-13-9-33(3)10-14-35)32-29(28(31)41)38(30)23-7-5-22(6-8-23)36-16-11-34(4)12-17-36/h5-8,19-21,30,39-40H,9-18H2,1-4H3,(H2,31,41). The number of rotatable bonds is 8. The SMILES string of the molecule is CC(C)c1cc(C2N(CCN3CCN(C)CC3)N=C(C(N)=O)N2c2ccc(N3CCN(C)CC3)cc2)c(O)cc1O. The third kappa shape index (κ3) is 6.22. The van der Waals surface area contributed by atoms with Crippen LogP contribution < -0.4 is 15.5 Å². The van der Waals surface area contributed by atoms with Crippen molar-refractivity contribution in [3.8, 4) is 11.5 Å². The van der Waals surface area contributed by atoms with Crippen LogP contribution in [0.25, 0.3) is 0 Å². The number of hydrazone groups is 1. The maximum Gasteiger partial charge on any atom is 0.286 e. The molecule has 0 aliphatic carbocycles. The van der Waals surface area contributed by atoms with Gasteiger partial charge in [0, 0.05) is 81.9 Å². The van der Waals surface area contributed by atoms with Gasteiger partial charge in [-0.05, 0) is 55.9 Å². The van der Waals surface area contributed by atoms with Crippen molar-refractivity contribution in [1.82, 2.24) is 19.7 Å². The number of piperazine rings is 2. The summed E-state index contributed by atoms with van der Waals surface area (Å²) in [6.45, 7) is 13.1. The molecular weight excluding hydrogens is 520 g/mol. The van der Waals surface area contributed by atoms with Crippen LogP contribution in [-0.4, -0.2) is 121 Å². The van der Waals surface area contributed by atoms with E-state index >= 15 is 0 Å². The van der Waals surface area contributed by atoms with Crippen molar-refractivity contribution in [2.24, 2.45) is 10.8 Å². The first-order chi connectivity index (χ1) is 19.6. The van der Waals surface area contributed by atoms with Gasteiger partial charge in [-0.3, -0.25) is 19.6 Å². The van der Waals surface area contributed by atoms with Gasteiger partial charge < -0.3 is 30.6 Å². The first kappa shape index (κ1) is 29.0. The maximum atomic E-state index is 12.8. The molecule has 0 aromatic heterocycles. The molecule has 1 unspecified atom stereocenters. The highest BCUT2D eigenvalue weighted by molar-refractivity contribution is 6.43. The van der Waals surface area contributed by atoms with Gasteiger partial charge in [-0.2, -0.15) is 5.10 Å². The second-order valence-corrected chi connectivity index (χ2v) is 11.8. The summed E-state index contributed by atoms with van der Waals surface area (Å²) in [6, 6.07) is 11.3. The molecule has 0 bridgehead atoms. The van der Waals surface area contributed by atoms with Gasteiger partial charge in [-0.25, -0.2) is 0 Å². The maximum absolute atomic E-state index is 12.8. The highest BCUT2D eigenvalue weighted by atomic mass is 16.3. The van der Waals surface area contributed by atoms with Crippen LogP contribution in [0.2, 0.25) is 0 Å². The summed E-state index contributed by atoms with van der Waals surface area (Å²) < 4.78 is 0. The Labute approximate surface area is 243 Å². The Hall–Kier alpha value is -3.54. The predicted octanol–water partition coefficient (Wildman–Crippen LogP) is 1.84. The largest absolute Gasteiger partial charge is 0.508 e. The summed E-state index contributed by atoms with van der Waals surface area (Å²) in [5.41, 5.74) is 9.07. The lowest BCUT2D eigenvalue weighted by Crippen LogP contribution is -2.47. The Balaban J connectivity index is 1.50. The lowest BCUT2D eigenvalue weighted by atomic mass is 9.97. The van der Waals surface area contributed by atoms with Crippen LogP contribution in [0.5, 0.6) is 11.5 Å². The Bertz CT molecular complexity index is 1250. The highest BCUT2D eigenvalue weighted by Gasteiger charge is 2.40. The van der Waals surface area contributed by atoms with Crippen LogP contribution in [0.4, 0.5) is 11.4 Å². The van der Waals surface area contributed by atoms with E-state index in [1.165, 1.54) is 6.07 Å². The summed E-state index contributed by atoms with van der Waals surface area (Å²) in [5, 5.41) is 28.3. The Morgan fingerprint density at radius 1 is 0.878 bits per heavy atom. The smallest absolute Gasteiger partial charge is 0.286 e. The van der Waals surface area contributed by atoms with Gasteiger partial charge in [0.2, 0.25) is 5.84 Å². The quantitative estimate of drug-likeness (QED) is 0.442. The Morgan fingerprint density at radius 2 is 1.46 bits per heavy atom. The normalized spacial score (nSPS) is 21.1. The van der Waals surface area contributed by atoms with Crippen molar-refractivity contribution in [3.05, 3.63) is 47.5 Å². The number of nitrogens with two attached hydrogens (primary N) is 1. The first-order valence-electron chi connectivity index (χ1n) is 14.6. The van der Waals surface area contributed by atoms with Crippen molar-refractivity contribution in [1.29, 1.82) is 0 Å². The zero-order chi connectivity index (χ0) is 29.3. The van der Waals surface area contributed by atoms with Crippen LogP contribution in [0.1, 0.15) is 37.1 Å². The lowest BCUT2D eigenvalue weighted by Gasteiger charge is -2.36. The molecular formula is C30H44N8O3. The minimum atomic E-state index is -0.636. The zero-order valence-electron chi connectivity index (χ0n) is 24.7. The van der Waals surface area contributed by atoms with Gasteiger partial charge in [0.05, 0.1) is 6.54 Å². The van der Waals surface area contributed by atoms with E-state index < -0.39 is 12.1 Å². The number of phenolic OH excluding ortho intramolecular Hbond substituents is 2. The van der Waals surface area contributed by atoms with E-state index in [0.29, 0.717) is 12.1 Å². The summed E-state index contributed by atoms with van der Waals surface area (Å²) in [4.78, 5) is 24.0. The zero-order valence-corrected chi connectivity index (χ0v) is 24.7. The molecule has 2 aromatic rings. The molecule has 222 valence electrons. The third-order valence-electron chi connectivity index (χ3n) is 8.51. The molecule has 41 heavy (non-hydrogen) atoms. The van der Waals surface area contributed by atoms with Gasteiger partial charge in [0.15, 0.2) is 6.17 Å². The molecule has 2 saturated heterocycles. The number of hydrogen-bond acceptors (Lipinski definition) is 10. The molecule has 11 nitrogen and oxygen atoms in total. The average Bonchev–Trinajstić information content (AvgIpc) is 3.33. The van der Waals surface area contributed by atoms with Crippen LogP contribution in [0, 0.1) is 0 Å². The average molecular weight is 565 g/mol. The molecule has 2 fully saturated rings. The number of amides is 1. The number of carbonyl (C=O) groups excluding carboxylic acids is 1. The van der Waals surface area contributed by atoms with E-state index in [2.05, 4.69) is 45.8 Å². The minimum absolute atomic E-state index is 0.0300. The number of hydrogen-bond donors (Lipinski definition) is 3. The molecule has 1 amide bonds. The highest BCUT2D eigenvalue weighted by Crippen LogP contribution is 2.43. The Kier molecular flexibility index (Phi) is 8.58. The fourth-order valence-electron chi connectivity index (χ4n) is 5.86. The molecule has 3 aliphatic rings. The van der Waals surface area contributed by atoms with Crippen molar-refractivity contribution in [2.45, 2.75) is 25.9 Å². The van der Waals surface area contributed by atoms with E-state index in [-0.39, 0.29) is 23.3 Å². The molecule has 3 heterocycles. The molecule has 11 heteroatoms. The molecule has 0 radical (unpaired) electrons. The van der Waals surface area contributed by atoms with Crippen LogP contribution in [0.3, 0.4) is 0 Å². The number of amidine groups is 1. The van der Waals surface area contributed by atoms with Crippen molar-refractivity contribution in [3.63, 3.8) is 0 Å². The monoisotopic (exact) mass is 564 g/mol. The predicted molar refractivity (Wildman–Crippen MR) is 163 cm³/mol. The summed E-state index contributed by atoms with van der Waals surface area (Å²) in [7, 11) is 4.27. The lowest BCUT2D eigenvalue weighted by molar-refractivity contribution is -0.112. The molecule has 3 aliphatic heterocycles. The minimum Gasteiger partial charge on any atom is -0.508 e. The molecule has 1 atom stereocenters. The van der Waals surface area contributed by atoms with Crippen LogP contribution in [0.15, 0.2) is 41.5 Å². The van der Waals surface area contributed by atoms with Crippen molar-refractivity contribution in [2.75, 3.05) is 89.3 Å². The summed E-state index contributed by atoms with van der Waals surface area (Å²) in [6.07, 6.45) is -0.613. The summed E-state index contributed by atoms with van der Waals surface area (Å²) in [5.74, 6) is -0.492. The second-order valence-electron chi connectivity index (χ2n) is 11.8. The summed E-state index contributed by atoms with van der Waals surface area (Å²) >= 11 is 0. The number of anilines is 2. The molecule has 0 saturated carbocycles. The van der Waals surface area contributed by atoms with Gasteiger partial charge in [-0.15, -0.1) is 0 Å². The van der Waals surface area contributed by atoms with Gasteiger partial charge in [0.25, 0.3) is 5.91 Å². The first-order valence-corrected chi connectivity index (χ1v) is 14.6. The molecule has 4 N–H and O–H groups in total. The van der Waals surface area contributed by atoms with Gasteiger partial charge in [0.1, 0.15) is 11.5 Å².